The number of benzene rings is 2. The van der Waals surface area contributed by atoms with Gasteiger partial charge in [-0.2, -0.15) is 12.7 Å². The molecule has 1 amide bonds. The Morgan fingerprint density at radius 2 is 1.86 bits per heavy atom. The average molecular weight is 415 g/mol. The summed E-state index contributed by atoms with van der Waals surface area (Å²) in [5, 5.41) is 0.627. The summed E-state index contributed by atoms with van der Waals surface area (Å²) in [4.78, 5) is 11.9. The largest absolute Gasteiger partial charge is 0.491 e. The summed E-state index contributed by atoms with van der Waals surface area (Å²) in [7, 11) is -4.02. The molecule has 3 aromatic rings. The molecule has 2 N–H and O–H groups in total. The van der Waals surface area contributed by atoms with Crippen molar-refractivity contribution in [3.63, 3.8) is 0 Å². The van der Waals surface area contributed by atoms with Crippen LogP contribution in [0.25, 0.3) is 10.9 Å². The van der Waals surface area contributed by atoms with Crippen LogP contribution in [0.1, 0.15) is 10.5 Å². The number of hydrogen-bond donors (Lipinski definition) is 1. The lowest BCUT2D eigenvalue weighted by atomic mass is 10.2. The SMILES string of the molecule is NC(=O)c1cc2ccccc2n1S(=O)(=O)N1CCOC(COc2ccccc2)C1. The van der Waals surface area contributed by atoms with E-state index >= 15 is 0 Å². The Morgan fingerprint density at radius 1 is 1.14 bits per heavy atom. The topological polar surface area (TPSA) is 104 Å². The van der Waals surface area contributed by atoms with Crippen LogP contribution in [0.4, 0.5) is 0 Å². The molecule has 4 rings (SSSR count). The number of morpholine rings is 1. The lowest BCUT2D eigenvalue weighted by Gasteiger charge is -2.32. The number of nitrogens with zero attached hydrogens (tertiary/aromatic N) is 2. The zero-order valence-electron chi connectivity index (χ0n) is 15.6. The maximum atomic E-state index is 13.4. The van der Waals surface area contributed by atoms with Crippen LogP contribution >= 0.6 is 0 Å². The van der Waals surface area contributed by atoms with Gasteiger partial charge < -0.3 is 15.2 Å². The van der Waals surface area contributed by atoms with Crippen LogP contribution in [0.5, 0.6) is 5.75 Å². The summed E-state index contributed by atoms with van der Waals surface area (Å²) in [6.07, 6.45) is -0.433. The number of carbonyl (C=O) groups excluding carboxylic acids is 1. The van der Waals surface area contributed by atoms with Crippen molar-refractivity contribution < 1.29 is 22.7 Å². The predicted molar refractivity (Wildman–Crippen MR) is 108 cm³/mol. The summed E-state index contributed by atoms with van der Waals surface area (Å²) in [6.45, 7) is 0.729. The van der Waals surface area contributed by atoms with Crippen LogP contribution in [0.15, 0.2) is 60.7 Å². The van der Waals surface area contributed by atoms with E-state index in [4.69, 9.17) is 15.2 Å². The maximum Gasteiger partial charge on any atom is 0.308 e. The number of primary amides is 1. The van der Waals surface area contributed by atoms with E-state index in [0.717, 1.165) is 3.97 Å². The molecule has 2 heterocycles. The number of hydrogen-bond acceptors (Lipinski definition) is 5. The molecule has 0 bridgehead atoms. The Morgan fingerprint density at radius 3 is 2.62 bits per heavy atom. The Labute approximate surface area is 168 Å². The van der Waals surface area contributed by atoms with Crippen LogP contribution in [0.2, 0.25) is 0 Å². The first kappa shape index (κ1) is 19.4. The molecule has 152 valence electrons. The Balaban J connectivity index is 1.60. The number of aromatic nitrogens is 1. The van der Waals surface area contributed by atoms with E-state index in [9.17, 15) is 13.2 Å². The van der Waals surface area contributed by atoms with Crippen molar-refractivity contribution >= 4 is 27.0 Å². The van der Waals surface area contributed by atoms with E-state index in [-0.39, 0.29) is 32.0 Å². The molecule has 1 fully saturated rings. The summed E-state index contributed by atoms with van der Waals surface area (Å²) in [6, 6.07) is 17.6. The molecular formula is C20H21N3O5S. The average Bonchev–Trinajstić information content (AvgIpc) is 3.14. The standard InChI is InChI=1S/C20H21N3O5S/c21-20(24)19-12-15-6-4-5-9-18(15)23(19)29(25,26)22-10-11-27-17(13-22)14-28-16-7-2-1-3-8-16/h1-9,12,17H,10-11,13-14H2,(H2,21,24). The van der Waals surface area contributed by atoms with Crippen molar-refractivity contribution in [3.05, 3.63) is 66.4 Å². The highest BCUT2D eigenvalue weighted by Crippen LogP contribution is 2.24. The molecule has 1 aromatic heterocycles. The van der Waals surface area contributed by atoms with E-state index in [2.05, 4.69) is 0 Å². The third kappa shape index (κ3) is 3.84. The Hall–Kier alpha value is -2.88. The quantitative estimate of drug-likeness (QED) is 0.659. The first-order chi connectivity index (χ1) is 14.0. The molecular weight excluding hydrogens is 394 g/mol. The molecule has 29 heavy (non-hydrogen) atoms. The second-order valence-electron chi connectivity index (χ2n) is 6.70. The van der Waals surface area contributed by atoms with Gasteiger partial charge in [0.2, 0.25) is 0 Å². The van der Waals surface area contributed by atoms with Gasteiger partial charge >= 0.3 is 10.2 Å². The number of rotatable bonds is 6. The predicted octanol–water partition coefficient (Wildman–Crippen LogP) is 1.61. The maximum absolute atomic E-state index is 13.4. The second-order valence-corrected chi connectivity index (χ2v) is 8.48. The molecule has 9 heteroatoms. The minimum atomic E-state index is -4.02. The highest BCUT2D eigenvalue weighted by Gasteiger charge is 2.34. The van der Waals surface area contributed by atoms with Gasteiger partial charge in [0, 0.05) is 18.5 Å². The fourth-order valence-electron chi connectivity index (χ4n) is 3.37. The van der Waals surface area contributed by atoms with Gasteiger partial charge in [-0.1, -0.05) is 36.4 Å². The Bertz CT molecular complexity index is 1130. The zero-order valence-corrected chi connectivity index (χ0v) is 16.4. The van der Waals surface area contributed by atoms with Crippen LogP contribution in [-0.2, 0) is 14.9 Å². The molecule has 1 unspecified atom stereocenters. The van der Waals surface area contributed by atoms with Crippen LogP contribution in [0, 0.1) is 0 Å². The number of para-hydroxylation sites is 2. The number of carbonyl (C=O) groups is 1. The van der Waals surface area contributed by atoms with Gasteiger partial charge in [0.25, 0.3) is 5.91 Å². The summed E-state index contributed by atoms with van der Waals surface area (Å²) < 4.78 is 40.5. The molecule has 0 radical (unpaired) electrons. The Kier molecular flexibility index (Phi) is 5.27. The van der Waals surface area contributed by atoms with Crippen molar-refractivity contribution in [1.29, 1.82) is 0 Å². The third-order valence-electron chi connectivity index (χ3n) is 4.76. The summed E-state index contributed by atoms with van der Waals surface area (Å²) in [5.41, 5.74) is 5.79. The van der Waals surface area contributed by atoms with Crippen molar-refractivity contribution in [1.82, 2.24) is 8.28 Å². The van der Waals surface area contributed by atoms with Gasteiger partial charge in [-0.15, -0.1) is 0 Å². The lowest BCUT2D eigenvalue weighted by Crippen LogP contribution is -2.49. The number of amides is 1. The number of nitrogens with two attached hydrogens (primary N) is 1. The smallest absolute Gasteiger partial charge is 0.308 e. The molecule has 1 aliphatic heterocycles. The van der Waals surface area contributed by atoms with Gasteiger partial charge in [-0.3, -0.25) is 4.79 Å². The van der Waals surface area contributed by atoms with E-state index in [0.29, 0.717) is 16.7 Å². The minimum Gasteiger partial charge on any atom is -0.491 e. The van der Waals surface area contributed by atoms with Crippen molar-refractivity contribution in [2.24, 2.45) is 5.73 Å². The minimum absolute atomic E-state index is 0.0743. The van der Waals surface area contributed by atoms with Gasteiger partial charge in [-0.25, -0.2) is 3.97 Å². The van der Waals surface area contributed by atoms with E-state index < -0.39 is 22.2 Å². The molecule has 1 saturated heterocycles. The molecule has 0 spiro atoms. The van der Waals surface area contributed by atoms with Crippen molar-refractivity contribution in [2.45, 2.75) is 6.10 Å². The van der Waals surface area contributed by atoms with E-state index in [1.807, 2.05) is 30.3 Å². The number of ether oxygens (including phenoxy) is 2. The van der Waals surface area contributed by atoms with Gasteiger partial charge in [0.05, 0.1) is 12.1 Å². The van der Waals surface area contributed by atoms with Crippen LogP contribution in [0.3, 0.4) is 0 Å². The lowest BCUT2D eigenvalue weighted by molar-refractivity contribution is -0.0251. The van der Waals surface area contributed by atoms with E-state index in [1.165, 1.54) is 10.4 Å². The summed E-state index contributed by atoms with van der Waals surface area (Å²) in [5.74, 6) is -0.120. The van der Waals surface area contributed by atoms with Crippen molar-refractivity contribution in [2.75, 3.05) is 26.3 Å². The summed E-state index contributed by atoms with van der Waals surface area (Å²) >= 11 is 0. The monoisotopic (exact) mass is 415 g/mol. The molecule has 1 atom stereocenters. The molecule has 0 saturated carbocycles. The second kappa shape index (κ2) is 7.86. The fraction of sp³-hybridized carbons (Fsp3) is 0.250. The van der Waals surface area contributed by atoms with Crippen molar-refractivity contribution in [3.8, 4) is 5.75 Å². The van der Waals surface area contributed by atoms with E-state index in [1.54, 1.807) is 24.3 Å². The highest BCUT2D eigenvalue weighted by atomic mass is 32.2. The van der Waals surface area contributed by atoms with Gasteiger partial charge in [-0.05, 0) is 24.3 Å². The van der Waals surface area contributed by atoms with Crippen LogP contribution in [-0.4, -0.2) is 55.0 Å². The first-order valence-corrected chi connectivity index (χ1v) is 10.6. The van der Waals surface area contributed by atoms with Crippen LogP contribution < -0.4 is 10.5 Å². The van der Waals surface area contributed by atoms with Gasteiger partial charge in [0.15, 0.2) is 0 Å². The third-order valence-corrected chi connectivity index (χ3v) is 6.60. The molecule has 8 nitrogen and oxygen atoms in total. The fourth-order valence-corrected chi connectivity index (χ4v) is 5.07. The molecule has 2 aromatic carbocycles. The van der Waals surface area contributed by atoms with Gasteiger partial charge in [0.1, 0.15) is 24.2 Å². The normalized spacial score (nSPS) is 18.0. The first-order valence-electron chi connectivity index (χ1n) is 9.17. The zero-order chi connectivity index (χ0) is 20.4. The molecule has 0 aliphatic carbocycles. The number of fused-ring (bicyclic) bond motifs is 1. The highest BCUT2D eigenvalue weighted by molar-refractivity contribution is 7.87. The molecule has 1 aliphatic rings.